The van der Waals surface area contributed by atoms with Crippen LogP contribution in [0, 0.1) is 25.5 Å². The van der Waals surface area contributed by atoms with Gasteiger partial charge in [-0.2, -0.15) is 0 Å². The second kappa shape index (κ2) is 6.99. The summed E-state index contributed by atoms with van der Waals surface area (Å²) in [6, 6.07) is 10.3. The Morgan fingerprint density at radius 1 is 1.00 bits per heavy atom. The maximum Gasteiger partial charge on any atom is 0.257 e. The van der Waals surface area contributed by atoms with Crippen LogP contribution in [0.3, 0.4) is 0 Å². The number of nitrogens with one attached hydrogen (secondary N) is 1. The predicted octanol–water partition coefficient (Wildman–Crippen LogP) is 4.40. The van der Waals surface area contributed by atoms with Crippen LogP contribution in [-0.2, 0) is 0 Å². The van der Waals surface area contributed by atoms with Crippen molar-refractivity contribution >= 4 is 11.6 Å². The van der Waals surface area contributed by atoms with E-state index in [4.69, 9.17) is 9.47 Å². The van der Waals surface area contributed by atoms with Gasteiger partial charge in [0.1, 0.15) is 24.8 Å². The smallest absolute Gasteiger partial charge is 0.257 e. The van der Waals surface area contributed by atoms with Crippen LogP contribution in [0.1, 0.15) is 21.7 Å². The SMILES string of the molecule is Cc1cc(C(=O)Nc2ccc(F)cc2F)c(C)n1-c1ccc2c(c1)OCCO2. The number of nitrogens with zero attached hydrogens (tertiary/aromatic N) is 1. The molecule has 0 atom stereocenters. The summed E-state index contributed by atoms with van der Waals surface area (Å²) in [5.74, 6) is -0.665. The van der Waals surface area contributed by atoms with Gasteiger partial charge < -0.3 is 19.4 Å². The van der Waals surface area contributed by atoms with E-state index in [-0.39, 0.29) is 5.69 Å². The van der Waals surface area contributed by atoms with Gasteiger partial charge in [0.15, 0.2) is 11.5 Å². The Hall–Kier alpha value is -3.35. The Balaban J connectivity index is 1.66. The Morgan fingerprint density at radius 3 is 2.50 bits per heavy atom. The zero-order chi connectivity index (χ0) is 19.8. The lowest BCUT2D eigenvalue weighted by Crippen LogP contribution is -2.16. The zero-order valence-corrected chi connectivity index (χ0v) is 15.4. The topological polar surface area (TPSA) is 52.5 Å². The van der Waals surface area contributed by atoms with E-state index in [1.165, 1.54) is 6.07 Å². The molecule has 1 N–H and O–H groups in total. The van der Waals surface area contributed by atoms with Gasteiger partial charge in [-0.3, -0.25) is 4.79 Å². The van der Waals surface area contributed by atoms with Gasteiger partial charge in [0.25, 0.3) is 5.91 Å². The molecule has 0 spiro atoms. The lowest BCUT2D eigenvalue weighted by atomic mass is 10.2. The molecule has 0 radical (unpaired) electrons. The molecule has 4 rings (SSSR count). The summed E-state index contributed by atoms with van der Waals surface area (Å²) in [5, 5.41) is 2.50. The standard InChI is InChI=1S/C21H18F2N2O3/c1-12-9-16(21(26)24-18-5-3-14(22)10-17(18)23)13(2)25(12)15-4-6-19-20(11-15)28-8-7-27-19/h3-6,9-11H,7-8H2,1-2H3,(H,24,26). The van der Waals surface area contributed by atoms with E-state index in [1.54, 1.807) is 13.0 Å². The fraction of sp³-hybridized carbons (Fsp3) is 0.190. The number of hydrogen-bond donors (Lipinski definition) is 1. The molecule has 1 amide bonds. The molecule has 3 aromatic rings. The number of anilines is 1. The number of hydrogen-bond acceptors (Lipinski definition) is 3. The summed E-state index contributed by atoms with van der Waals surface area (Å²) in [6.07, 6.45) is 0. The van der Waals surface area contributed by atoms with Crippen LogP contribution >= 0.6 is 0 Å². The zero-order valence-electron chi connectivity index (χ0n) is 15.4. The third-order valence-electron chi connectivity index (χ3n) is 4.64. The molecule has 1 aromatic heterocycles. The normalized spacial score (nSPS) is 12.7. The van der Waals surface area contributed by atoms with Crippen LogP contribution < -0.4 is 14.8 Å². The molecule has 2 heterocycles. The summed E-state index contributed by atoms with van der Waals surface area (Å²) in [7, 11) is 0. The van der Waals surface area contributed by atoms with Crippen molar-refractivity contribution < 1.29 is 23.0 Å². The van der Waals surface area contributed by atoms with Crippen LogP contribution in [0.25, 0.3) is 5.69 Å². The number of carbonyl (C=O) groups excluding carboxylic acids is 1. The molecule has 1 aliphatic heterocycles. The average molecular weight is 384 g/mol. The minimum Gasteiger partial charge on any atom is -0.486 e. The summed E-state index contributed by atoms with van der Waals surface area (Å²) >= 11 is 0. The van der Waals surface area contributed by atoms with Crippen molar-refractivity contribution in [3.63, 3.8) is 0 Å². The summed E-state index contributed by atoms with van der Waals surface area (Å²) in [4.78, 5) is 12.7. The van der Waals surface area contributed by atoms with Gasteiger partial charge in [-0.05, 0) is 44.2 Å². The Kier molecular flexibility index (Phi) is 4.50. The number of ether oxygens (including phenoxy) is 2. The molecule has 7 heteroatoms. The van der Waals surface area contributed by atoms with Gasteiger partial charge in [0.05, 0.1) is 11.3 Å². The van der Waals surface area contributed by atoms with E-state index in [0.717, 1.165) is 23.5 Å². The van der Waals surface area contributed by atoms with Crippen LogP contribution in [0.5, 0.6) is 11.5 Å². The quantitative estimate of drug-likeness (QED) is 0.728. The number of carbonyl (C=O) groups is 1. The minimum absolute atomic E-state index is 0.0736. The number of halogens is 2. The summed E-state index contributed by atoms with van der Waals surface area (Å²) in [5.41, 5.74) is 2.67. The summed E-state index contributed by atoms with van der Waals surface area (Å²) in [6.45, 7) is 4.67. The van der Waals surface area contributed by atoms with Crippen molar-refractivity contribution in [3.05, 3.63) is 71.1 Å². The van der Waals surface area contributed by atoms with E-state index in [1.807, 2.05) is 29.7 Å². The van der Waals surface area contributed by atoms with Gasteiger partial charge >= 0.3 is 0 Å². The number of amides is 1. The lowest BCUT2D eigenvalue weighted by molar-refractivity contribution is 0.102. The third kappa shape index (κ3) is 3.19. The predicted molar refractivity (Wildman–Crippen MR) is 101 cm³/mol. The maximum atomic E-state index is 13.9. The van der Waals surface area contributed by atoms with Crippen molar-refractivity contribution in [2.75, 3.05) is 18.5 Å². The van der Waals surface area contributed by atoms with E-state index in [9.17, 15) is 13.6 Å². The fourth-order valence-corrected chi connectivity index (χ4v) is 3.34. The highest BCUT2D eigenvalue weighted by Gasteiger charge is 2.20. The van der Waals surface area contributed by atoms with Gasteiger partial charge in [0, 0.05) is 29.2 Å². The average Bonchev–Trinajstić information content (AvgIpc) is 2.98. The molecule has 1 aliphatic rings. The Labute approximate surface area is 160 Å². The van der Waals surface area contributed by atoms with Crippen LogP contribution in [0.4, 0.5) is 14.5 Å². The van der Waals surface area contributed by atoms with Crippen molar-refractivity contribution in [2.45, 2.75) is 13.8 Å². The molecule has 0 aliphatic carbocycles. The third-order valence-corrected chi connectivity index (χ3v) is 4.64. The first-order valence-electron chi connectivity index (χ1n) is 8.79. The van der Waals surface area contributed by atoms with Gasteiger partial charge in [-0.15, -0.1) is 0 Å². The maximum absolute atomic E-state index is 13.9. The number of rotatable bonds is 3. The minimum atomic E-state index is -0.825. The molecule has 0 unspecified atom stereocenters. The molecule has 0 bridgehead atoms. The van der Waals surface area contributed by atoms with Crippen molar-refractivity contribution in [2.24, 2.45) is 0 Å². The molecule has 0 saturated carbocycles. The first kappa shape index (κ1) is 18.0. The lowest BCUT2D eigenvalue weighted by Gasteiger charge is -2.20. The number of aryl methyl sites for hydroxylation is 1. The van der Waals surface area contributed by atoms with Crippen molar-refractivity contribution in [1.82, 2.24) is 4.57 Å². The van der Waals surface area contributed by atoms with Crippen molar-refractivity contribution in [3.8, 4) is 17.2 Å². The molecule has 0 fully saturated rings. The highest BCUT2D eigenvalue weighted by Crippen LogP contribution is 2.33. The number of aromatic nitrogens is 1. The van der Waals surface area contributed by atoms with E-state index in [2.05, 4.69) is 5.32 Å². The molecular formula is C21H18F2N2O3. The van der Waals surface area contributed by atoms with Gasteiger partial charge in [-0.1, -0.05) is 0 Å². The first-order chi connectivity index (χ1) is 13.4. The highest BCUT2D eigenvalue weighted by atomic mass is 19.1. The van der Waals surface area contributed by atoms with Gasteiger partial charge in [0.2, 0.25) is 0 Å². The highest BCUT2D eigenvalue weighted by molar-refractivity contribution is 6.05. The van der Waals surface area contributed by atoms with Gasteiger partial charge in [-0.25, -0.2) is 8.78 Å². The summed E-state index contributed by atoms with van der Waals surface area (Å²) < 4.78 is 40.0. The van der Waals surface area contributed by atoms with E-state index < -0.39 is 17.5 Å². The number of benzene rings is 2. The van der Waals surface area contributed by atoms with Crippen molar-refractivity contribution in [1.29, 1.82) is 0 Å². The Bertz CT molecular complexity index is 1080. The first-order valence-corrected chi connectivity index (χ1v) is 8.79. The molecule has 5 nitrogen and oxygen atoms in total. The molecule has 0 saturated heterocycles. The molecular weight excluding hydrogens is 366 g/mol. The van der Waals surface area contributed by atoms with E-state index in [0.29, 0.717) is 36.0 Å². The Morgan fingerprint density at radius 2 is 1.75 bits per heavy atom. The fourth-order valence-electron chi connectivity index (χ4n) is 3.34. The van der Waals surface area contributed by atoms with Crippen LogP contribution in [0.15, 0.2) is 42.5 Å². The second-order valence-electron chi connectivity index (χ2n) is 6.53. The van der Waals surface area contributed by atoms with E-state index >= 15 is 0 Å². The molecule has 144 valence electrons. The van der Waals surface area contributed by atoms with Crippen LogP contribution in [-0.4, -0.2) is 23.7 Å². The molecule has 28 heavy (non-hydrogen) atoms. The molecule has 2 aromatic carbocycles. The largest absolute Gasteiger partial charge is 0.486 e. The second-order valence-corrected chi connectivity index (χ2v) is 6.53. The van der Waals surface area contributed by atoms with Crippen LogP contribution in [0.2, 0.25) is 0 Å². The monoisotopic (exact) mass is 384 g/mol. The number of fused-ring (bicyclic) bond motifs is 1.